The van der Waals surface area contributed by atoms with Gasteiger partial charge in [0.1, 0.15) is 5.03 Å². The van der Waals surface area contributed by atoms with Crippen LogP contribution in [0.4, 0.5) is 5.69 Å². The molecular formula is C19H20N2O4S. The van der Waals surface area contributed by atoms with Gasteiger partial charge in [-0.2, -0.15) is 0 Å². The number of aliphatic hydroxyl groups excluding tert-OH is 1. The quantitative estimate of drug-likeness (QED) is 0.641. The third-order valence-corrected chi connectivity index (χ3v) is 4.92. The van der Waals surface area contributed by atoms with Gasteiger partial charge in [-0.25, -0.2) is 4.98 Å². The molecule has 26 heavy (non-hydrogen) atoms. The van der Waals surface area contributed by atoms with Crippen molar-refractivity contribution < 1.29 is 19.3 Å². The van der Waals surface area contributed by atoms with Gasteiger partial charge in [0.25, 0.3) is 0 Å². The van der Waals surface area contributed by atoms with E-state index >= 15 is 0 Å². The standard InChI is InChI=1S/C19H20N2O4S/c1-23-15-8-12(9-16(24-2)19(15)25-3)26-17-7-5-13-14(21-17)6-4-11(10-22)18(13)20/h4-9,22H,10,20H2,1-3H3. The molecular weight excluding hydrogens is 352 g/mol. The predicted molar refractivity (Wildman–Crippen MR) is 102 cm³/mol. The lowest BCUT2D eigenvalue weighted by atomic mass is 10.1. The topological polar surface area (TPSA) is 86.8 Å². The smallest absolute Gasteiger partial charge is 0.203 e. The molecule has 2 aromatic carbocycles. The fourth-order valence-electron chi connectivity index (χ4n) is 2.68. The number of aromatic nitrogens is 1. The predicted octanol–water partition coefficient (Wildman–Crippen LogP) is 3.49. The van der Waals surface area contributed by atoms with Crippen molar-refractivity contribution >= 4 is 28.4 Å². The van der Waals surface area contributed by atoms with Crippen molar-refractivity contribution in [3.63, 3.8) is 0 Å². The first kappa shape index (κ1) is 18.2. The van der Waals surface area contributed by atoms with E-state index < -0.39 is 0 Å². The van der Waals surface area contributed by atoms with Crippen LogP contribution in [-0.4, -0.2) is 31.4 Å². The Bertz CT molecular complexity index is 921. The molecule has 0 atom stereocenters. The molecule has 0 unspecified atom stereocenters. The van der Waals surface area contributed by atoms with E-state index in [4.69, 9.17) is 19.9 Å². The highest BCUT2D eigenvalue weighted by Crippen LogP contribution is 2.42. The summed E-state index contributed by atoms with van der Waals surface area (Å²) in [7, 11) is 4.74. The molecule has 3 aromatic rings. The van der Waals surface area contributed by atoms with Crippen LogP contribution in [0.25, 0.3) is 10.9 Å². The maximum absolute atomic E-state index is 9.33. The Morgan fingerprint density at radius 2 is 1.69 bits per heavy atom. The second kappa shape index (κ2) is 7.72. The zero-order chi connectivity index (χ0) is 18.7. The van der Waals surface area contributed by atoms with Gasteiger partial charge in [0.05, 0.1) is 33.5 Å². The molecule has 3 N–H and O–H groups in total. The summed E-state index contributed by atoms with van der Waals surface area (Å²) in [6, 6.07) is 11.2. The first-order chi connectivity index (χ1) is 12.6. The van der Waals surface area contributed by atoms with Crippen molar-refractivity contribution in [1.29, 1.82) is 0 Å². The number of pyridine rings is 1. The van der Waals surface area contributed by atoms with E-state index in [0.717, 1.165) is 20.8 Å². The Morgan fingerprint density at radius 3 is 2.27 bits per heavy atom. The largest absolute Gasteiger partial charge is 0.493 e. The number of hydrogen-bond acceptors (Lipinski definition) is 7. The van der Waals surface area contributed by atoms with E-state index in [-0.39, 0.29) is 6.61 Å². The molecule has 1 aromatic heterocycles. The molecule has 3 rings (SSSR count). The number of nitrogen functional groups attached to an aromatic ring is 1. The number of hydrogen-bond donors (Lipinski definition) is 2. The lowest BCUT2D eigenvalue weighted by molar-refractivity contribution is 0.282. The van der Waals surface area contributed by atoms with Crippen LogP contribution in [0, 0.1) is 0 Å². The van der Waals surface area contributed by atoms with Gasteiger partial charge in [-0.1, -0.05) is 17.8 Å². The van der Waals surface area contributed by atoms with E-state index in [0.29, 0.717) is 28.5 Å². The van der Waals surface area contributed by atoms with Crippen LogP contribution >= 0.6 is 11.8 Å². The number of nitrogens with two attached hydrogens (primary N) is 1. The Hall–Kier alpha value is -2.64. The lowest BCUT2D eigenvalue weighted by Crippen LogP contribution is -1.97. The summed E-state index contributed by atoms with van der Waals surface area (Å²) in [6.07, 6.45) is 0. The molecule has 0 saturated heterocycles. The van der Waals surface area contributed by atoms with Crippen molar-refractivity contribution in [2.45, 2.75) is 16.5 Å². The van der Waals surface area contributed by atoms with Gasteiger partial charge in [-0.3, -0.25) is 0 Å². The van der Waals surface area contributed by atoms with Crippen molar-refractivity contribution in [3.05, 3.63) is 42.0 Å². The highest BCUT2D eigenvalue weighted by Gasteiger charge is 2.14. The monoisotopic (exact) mass is 372 g/mol. The summed E-state index contributed by atoms with van der Waals surface area (Å²) in [5.41, 5.74) is 8.12. The normalized spacial score (nSPS) is 10.8. The summed E-state index contributed by atoms with van der Waals surface area (Å²) >= 11 is 1.48. The van der Waals surface area contributed by atoms with Crippen LogP contribution in [0.15, 0.2) is 46.3 Å². The molecule has 0 fully saturated rings. The number of aliphatic hydroxyl groups is 1. The zero-order valence-electron chi connectivity index (χ0n) is 14.8. The number of fused-ring (bicyclic) bond motifs is 1. The fraction of sp³-hybridized carbons (Fsp3) is 0.211. The second-order valence-electron chi connectivity index (χ2n) is 5.48. The van der Waals surface area contributed by atoms with Gasteiger partial charge >= 0.3 is 0 Å². The number of anilines is 1. The second-order valence-corrected chi connectivity index (χ2v) is 6.57. The van der Waals surface area contributed by atoms with Crippen molar-refractivity contribution in [1.82, 2.24) is 4.98 Å². The lowest BCUT2D eigenvalue weighted by Gasteiger charge is -2.14. The van der Waals surface area contributed by atoms with Gasteiger partial charge in [-0.15, -0.1) is 0 Å². The minimum atomic E-state index is -0.0935. The van der Waals surface area contributed by atoms with Gasteiger partial charge < -0.3 is 25.1 Å². The number of rotatable bonds is 6. The minimum Gasteiger partial charge on any atom is -0.493 e. The third-order valence-electron chi connectivity index (χ3n) is 4.01. The molecule has 0 spiro atoms. The van der Waals surface area contributed by atoms with Crippen LogP contribution in [-0.2, 0) is 6.61 Å². The van der Waals surface area contributed by atoms with E-state index in [1.165, 1.54) is 11.8 Å². The Balaban J connectivity index is 1.98. The zero-order valence-corrected chi connectivity index (χ0v) is 15.6. The van der Waals surface area contributed by atoms with Crippen LogP contribution in [0.2, 0.25) is 0 Å². The van der Waals surface area contributed by atoms with Gasteiger partial charge in [-0.05, 0) is 30.3 Å². The molecule has 0 aliphatic heterocycles. The first-order valence-corrected chi connectivity index (χ1v) is 8.69. The van der Waals surface area contributed by atoms with E-state index in [2.05, 4.69) is 4.98 Å². The minimum absolute atomic E-state index is 0.0935. The summed E-state index contributed by atoms with van der Waals surface area (Å²) in [6.45, 7) is -0.0935. The molecule has 1 heterocycles. The molecule has 6 nitrogen and oxygen atoms in total. The molecule has 0 radical (unpaired) electrons. The van der Waals surface area contributed by atoms with Crippen molar-refractivity contribution in [3.8, 4) is 17.2 Å². The summed E-state index contributed by atoms with van der Waals surface area (Å²) in [5.74, 6) is 1.73. The van der Waals surface area contributed by atoms with Crippen molar-refractivity contribution in [2.75, 3.05) is 27.1 Å². The average Bonchev–Trinajstić information content (AvgIpc) is 2.67. The number of methoxy groups -OCH3 is 3. The maximum Gasteiger partial charge on any atom is 0.203 e. The number of ether oxygens (including phenoxy) is 3. The summed E-state index contributed by atoms with van der Waals surface area (Å²) in [5, 5.41) is 11.0. The third kappa shape index (κ3) is 3.36. The first-order valence-electron chi connectivity index (χ1n) is 7.88. The summed E-state index contributed by atoms with van der Waals surface area (Å²) < 4.78 is 16.1. The Labute approximate surface area is 155 Å². The molecule has 0 aliphatic rings. The maximum atomic E-state index is 9.33. The molecule has 0 saturated carbocycles. The molecule has 7 heteroatoms. The van der Waals surface area contributed by atoms with Gasteiger partial charge in [0, 0.05) is 21.5 Å². The Kier molecular flexibility index (Phi) is 5.39. The van der Waals surface area contributed by atoms with Gasteiger partial charge in [0.2, 0.25) is 5.75 Å². The molecule has 0 bridgehead atoms. The molecule has 0 amide bonds. The highest BCUT2D eigenvalue weighted by atomic mass is 32.2. The summed E-state index contributed by atoms with van der Waals surface area (Å²) in [4.78, 5) is 5.56. The number of nitrogens with zero attached hydrogens (tertiary/aromatic N) is 1. The number of benzene rings is 2. The van der Waals surface area contributed by atoms with Gasteiger partial charge in [0.15, 0.2) is 11.5 Å². The van der Waals surface area contributed by atoms with Crippen LogP contribution in [0.5, 0.6) is 17.2 Å². The Morgan fingerprint density at radius 1 is 1.00 bits per heavy atom. The highest BCUT2D eigenvalue weighted by molar-refractivity contribution is 7.99. The average molecular weight is 372 g/mol. The fourth-order valence-corrected chi connectivity index (χ4v) is 3.54. The van der Waals surface area contributed by atoms with Crippen molar-refractivity contribution in [2.24, 2.45) is 0 Å². The molecule has 136 valence electrons. The van der Waals surface area contributed by atoms with Crippen LogP contribution in [0.3, 0.4) is 0 Å². The van der Waals surface area contributed by atoms with E-state index in [1.54, 1.807) is 27.4 Å². The van der Waals surface area contributed by atoms with E-state index in [9.17, 15) is 5.11 Å². The SMILES string of the molecule is COc1cc(Sc2ccc3c(N)c(CO)ccc3n2)cc(OC)c1OC. The molecule has 0 aliphatic carbocycles. The van der Waals surface area contributed by atoms with E-state index in [1.807, 2.05) is 30.3 Å². The van der Waals surface area contributed by atoms with Crippen LogP contribution in [0.1, 0.15) is 5.56 Å². The van der Waals surface area contributed by atoms with Crippen LogP contribution < -0.4 is 19.9 Å².